The summed E-state index contributed by atoms with van der Waals surface area (Å²) in [5, 5.41) is 21.1. The van der Waals surface area contributed by atoms with E-state index in [2.05, 4.69) is 31.0 Å². The number of carbonyl (C=O) groups excluding carboxylic acids is 2. The third-order valence-electron chi connectivity index (χ3n) is 6.96. The summed E-state index contributed by atoms with van der Waals surface area (Å²) < 4.78 is 43.5. The highest BCUT2D eigenvalue weighted by Gasteiger charge is 2.38. The van der Waals surface area contributed by atoms with Crippen LogP contribution < -0.4 is 21.7 Å². The summed E-state index contributed by atoms with van der Waals surface area (Å²) in [6.45, 7) is 3.00. The highest BCUT2D eigenvalue weighted by molar-refractivity contribution is 5.99. The van der Waals surface area contributed by atoms with E-state index in [0.29, 0.717) is 29.7 Å². The Kier molecular flexibility index (Phi) is 7.57. The fourth-order valence-corrected chi connectivity index (χ4v) is 4.76. The van der Waals surface area contributed by atoms with E-state index in [1.165, 1.54) is 23.0 Å². The van der Waals surface area contributed by atoms with Crippen LogP contribution >= 0.6 is 0 Å². The summed E-state index contributed by atoms with van der Waals surface area (Å²) in [4.78, 5) is 33.8. The number of nitrogens with two attached hydrogens (primary N) is 1. The molecule has 1 unspecified atom stereocenters. The molecule has 1 aliphatic carbocycles. The number of carbonyl (C=O) groups is 2. The van der Waals surface area contributed by atoms with Gasteiger partial charge in [0, 0.05) is 41.9 Å². The Bertz CT molecular complexity index is 1700. The van der Waals surface area contributed by atoms with Gasteiger partial charge in [-0.1, -0.05) is 0 Å². The number of halogens is 3. The lowest BCUT2D eigenvalue weighted by Gasteiger charge is -2.33. The van der Waals surface area contributed by atoms with Gasteiger partial charge in [-0.25, -0.2) is 9.97 Å². The molecule has 1 aliphatic rings. The lowest BCUT2D eigenvalue weighted by Crippen LogP contribution is -2.54. The largest absolute Gasteiger partial charge is 0.435 e. The maximum Gasteiger partial charge on any atom is 0.435 e. The van der Waals surface area contributed by atoms with Gasteiger partial charge in [-0.3, -0.25) is 18.7 Å². The first-order chi connectivity index (χ1) is 19.9. The topological polar surface area (TPSA) is 168 Å². The summed E-state index contributed by atoms with van der Waals surface area (Å²) in [6, 6.07) is 6.10. The van der Waals surface area contributed by atoms with Gasteiger partial charge in [0.2, 0.25) is 5.91 Å². The quantitative estimate of drug-likeness (QED) is 0.247. The van der Waals surface area contributed by atoms with Crippen LogP contribution in [0.4, 0.5) is 24.7 Å². The van der Waals surface area contributed by atoms with Crippen molar-refractivity contribution in [2.24, 2.45) is 5.73 Å². The standard InChI is InChI=1S/C27H27F3N10O2/c1-14-9-17(3-4-19(14)26(42)35-15(2)25(41)37-18-10-16(32)11-18)36-23-24-34-12-21(40(24)8-6-33-23)20-13-39(7-5-31)38-22(20)27(28,29)30/h3-4,6,8-9,12-13,15-16,18H,7,10-11,32H2,1-2H3,(H,33,36)(H,35,42)(H,37,41). The smallest absolute Gasteiger partial charge is 0.351 e. The molecule has 0 saturated heterocycles. The molecule has 4 aromatic rings. The van der Waals surface area contributed by atoms with Gasteiger partial charge < -0.3 is 21.7 Å². The molecule has 5 rings (SSSR count). The predicted molar refractivity (Wildman–Crippen MR) is 145 cm³/mol. The van der Waals surface area contributed by atoms with Crippen LogP contribution in [0.5, 0.6) is 0 Å². The second kappa shape index (κ2) is 11.1. The first-order valence-corrected chi connectivity index (χ1v) is 13.0. The number of imidazole rings is 1. The van der Waals surface area contributed by atoms with Gasteiger partial charge >= 0.3 is 6.18 Å². The molecule has 1 saturated carbocycles. The fourth-order valence-electron chi connectivity index (χ4n) is 4.76. The SMILES string of the molecule is Cc1cc(Nc2nccn3c(-c4cn(CC#N)nc4C(F)(F)F)cnc23)ccc1C(=O)NC(C)C(=O)NC1CC(N)C1. The second-order valence-corrected chi connectivity index (χ2v) is 10.1. The minimum atomic E-state index is -4.74. The summed E-state index contributed by atoms with van der Waals surface area (Å²) in [5.74, 6) is -0.434. The number of nitrogens with one attached hydrogen (secondary N) is 3. The van der Waals surface area contributed by atoms with Gasteiger partial charge in [-0.2, -0.15) is 23.5 Å². The third kappa shape index (κ3) is 5.75. The van der Waals surface area contributed by atoms with Crippen molar-refractivity contribution in [3.8, 4) is 17.3 Å². The molecule has 0 radical (unpaired) electrons. The Hall–Kier alpha value is -4.97. The summed E-state index contributed by atoms with van der Waals surface area (Å²) >= 11 is 0. The maximum absolute atomic E-state index is 13.7. The van der Waals surface area contributed by atoms with Gasteiger partial charge in [-0.05, 0) is 50.5 Å². The first kappa shape index (κ1) is 28.6. The van der Waals surface area contributed by atoms with E-state index in [0.717, 1.165) is 10.9 Å². The monoisotopic (exact) mass is 580 g/mol. The van der Waals surface area contributed by atoms with Crippen LogP contribution in [0.2, 0.25) is 0 Å². The number of fused-ring (bicyclic) bond motifs is 1. The lowest BCUT2D eigenvalue weighted by molar-refractivity contribution is -0.141. The Balaban J connectivity index is 1.34. The van der Waals surface area contributed by atoms with E-state index in [9.17, 15) is 22.8 Å². The summed E-state index contributed by atoms with van der Waals surface area (Å²) in [5.41, 5.74) is 6.30. The molecule has 0 bridgehead atoms. The second-order valence-electron chi connectivity index (χ2n) is 10.1. The van der Waals surface area contributed by atoms with E-state index < -0.39 is 23.8 Å². The average Bonchev–Trinajstić information content (AvgIpc) is 3.53. The molecule has 1 atom stereocenters. The Morgan fingerprint density at radius 3 is 2.69 bits per heavy atom. The molecule has 0 spiro atoms. The number of hydrogen-bond donors (Lipinski definition) is 4. The molecular weight excluding hydrogens is 553 g/mol. The van der Waals surface area contributed by atoms with Crippen molar-refractivity contribution in [3.05, 3.63) is 59.8 Å². The van der Waals surface area contributed by atoms with Crippen molar-refractivity contribution in [2.45, 2.75) is 57.5 Å². The molecule has 42 heavy (non-hydrogen) atoms. The number of nitriles is 1. The van der Waals surface area contributed by atoms with Crippen LogP contribution in [-0.2, 0) is 17.5 Å². The number of amides is 2. The van der Waals surface area contributed by atoms with Crippen molar-refractivity contribution >= 4 is 29.0 Å². The van der Waals surface area contributed by atoms with Crippen LogP contribution in [-0.4, -0.2) is 54.1 Å². The van der Waals surface area contributed by atoms with Crippen molar-refractivity contribution in [1.29, 1.82) is 5.26 Å². The van der Waals surface area contributed by atoms with Crippen molar-refractivity contribution in [3.63, 3.8) is 0 Å². The van der Waals surface area contributed by atoms with Crippen LogP contribution in [0.15, 0.2) is 43.0 Å². The number of anilines is 2. The molecule has 1 aromatic carbocycles. The number of aromatic nitrogens is 5. The molecule has 12 nitrogen and oxygen atoms in total. The van der Waals surface area contributed by atoms with Crippen molar-refractivity contribution in [1.82, 2.24) is 34.8 Å². The van der Waals surface area contributed by atoms with Gasteiger partial charge in [0.25, 0.3) is 5.91 Å². The molecule has 218 valence electrons. The third-order valence-corrected chi connectivity index (χ3v) is 6.96. The zero-order valence-electron chi connectivity index (χ0n) is 22.6. The van der Waals surface area contributed by atoms with E-state index in [1.54, 1.807) is 38.1 Å². The zero-order valence-corrected chi connectivity index (χ0v) is 22.6. The Labute approximate surface area is 237 Å². The molecule has 2 amide bonds. The van der Waals surface area contributed by atoms with E-state index in [4.69, 9.17) is 11.0 Å². The zero-order chi connectivity index (χ0) is 30.2. The predicted octanol–water partition coefficient (Wildman–Crippen LogP) is 2.91. The van der Waals surface area contributed by atoms with Gasteiger partial charge in [0.15, 0.2) is 17.2 Å². The molecular formula is C27H27F3N10O2. The normalized spacial score (nSPS) is 17.3. The van der Waals surface area contributed by atoms with Crippen molar-refractivity contribution in [2.75, 3.05) is 5.32 Å². The number of hydrogen-bond acceptors (Lipinski definition) is 8. The van der Waals surface area contributed by atoms with Crippen molar-refractivity contribution < 1.29 is 22.8 Å². The molecule has 3 aromatic heterocycles. The van der Waals surface area contributed by atoms with E-state index in [1.807, 2.05) is 0 Å². The minimum Gasteiger partial charge on any atom is -0.351 e. The van der Waals surface area contributed by atoms with Gasteiger partial charge in [0.05, 0.1) is 23.5 Å². The number of alkyl halides is 3. The van der Waals surface area contributed by atoms with Crippen LogP contribution in [0.3, 0.4) is 0 Å². The molecule has 0 aliphatic heterocycles. The van der Waals surface area contributed by atoms with Crippen LogP contribution in [0.1, 0.15) is 41.4 Å². The Morgan fingerprint density at radius 1 is 1.26 bits per heavy atom. The molecule has 3 heterocycles. The van der Waals surface area contributed by atoms with Gasteiger partial charge in [0.1, 0.15) is 12.6 Å². The van der Waals surface area contributed by atoms with E-state index >= 15 is 0 Å². The minimum absolute atomic E-state index is 0.0242. The summed E-state index contributed by atoms with van der Waals surface area (Å²) in [6.07, 6.45) is 2.00. The van der Waals surface area contributed by atoms with E-state index in [-0.39, 0.29) is 47.3 Å². The summed E-state index contributed by atoms with van der Waals surface area (Å²) in [7, 11) is 0. The number of benzene rings is 1. The number of rotatable bonds is 8. The fraction of sp³-hybridized carbons (Fsp3) is 0.333. The highest BCUT2D eigenvalue weighted by Crippen LogP contribution is 2.37. The highest BCUT2D eigenvalue weighted by atomic mass is 19.4. The van der Waals surface area contributed by atoms with Crippen LogP contribution in [0, 0.1) is 18.3 Å². The molecule has 1 fully saturated rings. The number of aryl methyl sites for hydroxylation is 1. The Morgan fingerprint density at radius 2 is 2.02 bits per heavy atom. The van der Waals surface area contributed by atoms with Gasteiger partial charge in [-0.15, -0.1) is 0 Å². The lowest BCUT2D eigenvalue weighted by atomic mass is 9.87. The average molecular weight is 581 g/mol. The molecule has 15 heteroatoms. The number of nitrogens with zero attached hydrogens (tertiary/aromatic N) is 6. The maximum atomic E-state index is 13.7. The molecule has 5 N–H and O–H groups in total. The first-order valence-electron chi connectivity index (χ1n) is 13.0. The van der Waals surface area contributed by atoms with Crippen LogP contribution in [0.25, 0.3) is 16.9 Å².